The highest BCUT2D eigenvalue weighted by Crippen LogP contribution is 2.14. The molecule has 1 fully saturated rings. The normalized spacial score (nSPS) is 16.8. The minimum Gasteiger partial charge on any atom is -0.472 e. The van der Waals surface area contributed by atoms with Crippen LogP contribution in [-0.4, -0.2) is 35.3 Å². The van der Waals surface area contributed by atoms with E-state index in [4.69, 9.17) is 4.42 Å². The number of carbonyl (C=O) groups excluding carboxylic acids is 1. The van der Waals surface area contributed by atoms with Gasteiger partial charge in [0.1, 0.15) is 5.82 Å². The smallest absolute Gasteiger partial charge is 0.224 e. The molecule has 1 amide bonds. The predicted octanol–water partition coefficient (Wildman–Crippen LogP) is 2.65. The minimum absolute atomic E-state index is 0.0814. The second-order valence-electron chi connectivity index (χ2n) is 5.56. The summed E-state index contributed by atoms with van der Waals surface area (Å²) < 4.78 is 18.8. The summed E-state index contributed by atoms with van der Waals surface area (Å²) in [6, 6.07) is 8.56. The van der Waals surface area contributed by atoms with E-state index in [9.17, 15) is 9.18 Å². The quantitative estimate of drug-likeness (QED) is 0.871. The molecule has 5 heteroatoms. The van der Waals surface area contributed by atoms with Crippen LogP contribution in [0.3, 0.4) is 0 Å². The Balaban J connectivity index is 1.62. The van der Waals surface area contributed by atoms with Crippen molar-refractivity contribution in [1.29, 1.82) is 0 Å². The number of nitrogens with zero attached hydrogens (tertiary/aromatic N) is 2. The first-order chi connectivity index (χ1) is 10.7. The van der Waals surface area contributed by atoms with Gasteiger partial charge in [0.05, 0.1) is 12.5 Å². The third-order valence-electron chi connectivity index (χ3n) is 3.99. The number of amides is 1. The molecule has 0 atom stereocenters. The summed E-state index contributed by atoms with van der Waals surface area (Å²) in [6.07, 6.45) is 3.85. The van der Waals surface area contributed by atoms with Gasteiger partial charge in [-0.1, -0.05) is 18.2 Å². The monoisotopic (exact) mass is 302 g/mol. The van der Waals surface area contributed by atoms with E-state index in [1.807, 2.05) is 6.07 Å². The van der Waals surface area contributed by atoms with Crippen LogP contribution in [0.5, 0.6) is 0 Å². The van der Waals surface area contributed by atoms with Gasteiger partial charge in [0.2, 0.25) is 5.91 Å². The maximum atomic E-state index is 13.7. The molecular weight excluding hydrogens is 283 g/mol. The lowest BCUT2D eigenvalue weighted by Gasteiger charge is -2.22. The average molecular weight is 302 g/mol. The molecule has 1 aliphatic heterocycles. The van der Waals surface area contributed by atoms with Crippen molar-refractivity contribution in [1.82, 2.24) is 9.80 Å². The van der Waals surface area contributed by atoms with Gasteiger partial charge in [-0.15, -0.1) is 0 Å². The van der Waals surface area contributed by atoms with Crippen molar-refractivity contribution in [2.45, 2.75) is 19.5 Å². The van der Waals surface area contributed by atoms with Crippen LogP contribution in [0.15, 0.2) is 47.3 Å². The zero-order valence-corrected chi connectivity index (χ0v) is 12.4. The third-order valence-corrected chi connectivity index (χ3v) is 3.99. The third kappa shape index (κ3) is 3.54. The molecule has 1 aromatic heterocycles. The zero-order chi connectivity index (χ0) is 15.4. The zero-order valence-electron chi connectivity index (χ0n) is 12.4. The van der Waals surface area contributed by atoms with E-state index in [2.05, 4.69) is 4.90 Å². The van der Waals surface area contributed by atoms with Gasteiger partial charge in [0, 0.05) is 50.3 Å². The second-order valence-corrected chi connectivity index (χ2v) is 5.56. The lowest BCUT2D eigenvalue weighted by Crippen LogP contribution is -2.33. The van der Waals surface area contributed by atoms with Crippen LogP contribution in [0.1, 0.15) is 17.5 Å². The minimum atomic E-state index is -0.255. The molecule has 2 aromatic rings. The molecule has 1 aromatic carbocycles. The molecule has 0 bridgehead atoms. The fourth-order valence-corrected chi connectivity index (χ4v) is 2.71. The number of furan rings is 1. The lowest BCUT2D eigenvalue weighted by atomic mass is 10.2. The first kappa shape index (κ1) is 14.8. The molecule has 0 radical (unpaired) electrons. The summed E-state index contributed by atoms with van der Waals surface area (Å²) >= 11 is 0. The Kier molecular flexibility index (Phi) is 4.53. The van der Waals surface area contributed by atoms with E-state index in [-0.39, 0.29) is 11.7 Å². The molecule has 2 heterocycles. The van der Waals surface area contributed by atoms with E-state index in [1.165, 1.54) is 6.07 Å². The van der Waals surface area contributed by atoms with Crippen LogP contribution < -0.4 is 0 Å². The molecule has 0 spiro atoms. The summed E-state index contributed by atoms with van der Waals surface area (Å²) in [6.45, 7) is 3.23. The van der Waals surface area contributed by atoms with Crippen molar-refractivity contribution in [3.05, 3.63) is 59.8 Å². The summed E-state index contributed by atoms with van der Waals surface area (Å²) in [5.74, 6) is -0.173. The van der Waals surface area contributed by atoms with Crippen LogP contribution in [0.4, 0.5) is 4.39 Å². The van der Waals surface area contributed by atoms with Gasteiger partial charge in [0.25, 0.3) is 0 Å². The average Bonchev–Trinajstić information content (AvgIpc) is 2.96. The van der Waals surface area contributed by atoms with Crippen molar-refractivity contribution in [3.8, 4) is 0 Å². The number of hydrogen-bond acceptors (Lipinski definition) is 3. The fourth-order valence-electron chi connectivity index (χ4n) is 2.71. The largest absolute Gasteiger partial charge is 0.472 e. The highest BCUT2D eigenvalue weighted by molar-refractivity contribution is 5.76. The van der Waals surface area contributed by atoms with Crippen molar-refractivity contribution < 1.29 is 13.6 Å². The van der Waals surface area contributed by atoms with Gasteiger partial charge in [-0.3, -0.25) is 9.69 Å². The van der Waals surface area contributed by atoms with Crippen molar-refractivity contribution in [2.24, 2.45) is 0 Å². The molecule has 1 saturated heterocycles. The molecule has 3 rings (SSSR count). The Hall–Kier alpha value is -2.14. The number of rotatable bonds is 4. The Morgan fingerprint density at radius 3 is 2.73 bits per heavy atom. The van der Waals surface area contributed by atoms with Crippen LogP contribution in [0.2, 0.25) is 0 Å². The van der Waals surface area contributed by atoms with Gasteiger partial charge in [-0.2, -0.15) is 0 Å². The number of hydrogen-bond donors (Lipinski definition) is 0. The Bertz CT molecular complexity index is 627. The van der Waals surface area contributed by atoms with Gasteiger partial charge in [-0.05, 0) is 12.1 Å². The number of benzene rings is 1. The molecule has 116 valence electrons. The summed E-state index contributed by atoms with van der Waals surface area (Å²) in [4.78, 5) is 16.2. The van der Waals surface area contributed by atoms with E-state index in [1.54, 1.807) is 35.6 Å². The Morgan fingerprint density at radius 1 is 1.09 bits per heavy atom. The van der Waals surface area contributed by atoms with Gasteiger partial charge >= 0.3 is 0 Å². The fraction of sp³-hybridized carbons (Fsp3) is 0.353. The SMILES string of the molecule is O=C1CCN(Cc2ccoc2)CCN1Cc1ccccc1F. The molecule has 22 heavy (non-hydrogen) atoms. The van der Waals surface area contributed by atoms with E-state index < -0.39 is 0 Å². The van der Waals surface area contributed by atoms with Gasteiger partial charge in [0.15, 0.2) is 0 Å². The Morgan fingerprint density at radius 2 is 1.95 bits per heavy atom. The molecule has 1 aliphatic rings. The van der Waals surface area contributed by atoms with E-state index in [0.717, 1.165) is 25.2 Å². The van der Waals surface area contributed by atoms with Crippen molar-refractivity contribution >= 4 is 5.91 Å². The van der Waals surface area contributed by atoms with Crippen LogP contribution >= 0.6 is 0 Å². The van der Waals surface area contributed by atoms with Crippen LogP contribution in [0.25, 0.3) is 0 Å². The molecule has 0 saturated carbocycles. The summed E-state index contributed by atoms with van der Waals surface area (Å²) in [5.41, 5.74) is 1.68. The van der Waals surface area contributed by atoms with Crippen LogP contribution in [-0.2, 0) is 17.9 Å². The maximum Gasteiger partial charge on any atom is 0.224 e. The molecule has 4 nitrogen and oxygen atoms in total. The number of halogens is 1. The highest BCUT2D eigenvalue weighted by Gasteiger charge is 2.21. The number of carbonyl (C=O) groups is 1. The molecule has 0 N–H and O–H groups in total. The highest BCUT2D eigenvalue weighted by atomic mass is 19.1. The first-order valence-electron chi connectivity index (χ1n) is 7.47. The van der Waals surface area contributed by atoms with Crippen LogP contribution in [0, 0.1) is 5.82 Å². The Labute approximate surface area is 129 Å². The topological polar surface area (TPSA) is 36.7 Å². The van der Waals surface area contributed by atoms with E-state index >= 15 is 0 Å². The lowest BCUT2D eigenvalue weighted by molar-refractivity contribution is -0.131. The second kappa shape index (κ2) is 6.75. The van der Waals surface area contributed by atoms with Gasteiger partial charge in [-0.25, -0.2) is 4.39 Å². The summed E-state index contributed by atoms with van der Waals surface area (Å²) in [7, 11) is 0. The van der Waals surface area contributed by atoms with Crippen molar-refractivity contribution in [2.75, 3.05) is 19.6 Å². The maximum absolute atomic E-state index is 13.7. The first-order valence-corrected chi connectivity index (χ1v) is 7.47. The van der Waals surface area contributed by atoms with Crippen molar-refractivity contribution in [3.63, 3.8) is 0 Å². The van der Waals surface area contributed by atoms with E-state index in [0.29, 0.717) is 25.1 Å². The molecular formula is C17H19FN2O2. The molecule has 0 unspecified atom stereocenters. The van der Waals surface area contributed by atoms with Gasteiger partial charge < -0.3 is 9.32 Å². The molecule has 0 aliphatic carbocycles. The standard InChI is InChI=1S/C17H19FN2O2/c18-16-4-2-1-3-15(16)12-20-9-8-19(7-5-17(20)21)11-14-6-10-22-13-14/h1-4,6,10,13H,5,7-9,11-12H2. The predicted molar refractivity (Wildman–Crippen MR) is 80.4 cm³/mol. The summed E-state index contributed by atoms with van der Waals surface area (Å²) in [5, 5.41) is 0.